The van der Waals surface area contributed by atoms with E-state index in [0.29, 0.717) is 19.2 Å². The first-order valence-electron chi connectivity index (χ1n) is 4.62. The van der Waals surface area contributed by atoms with Gasteiger partial charge in [0.05, 0.1) is 18.8 Å². The van der Waals surface area contributed by atoms with Crippen LogP contribution in [0.2, 0.25) is 0 Å². The summed E-state index contributed by atoms with van der Waals surface area (Å²) in [5, 5.41) is 4.36. The van der Waals surface area contributed by atoms with Crippen molar-refractivity contribution in [2.45, 2.75) is 33.4 Å². The number of hydroxylamine groups is 1. The molecule has 0 bridgehead atoms. The molecule has 1 rings (SSSR count). The van der Waals surface area contributed by atoms with Crippen molar-refractivity contribution in [2.24, 2.45) is 0 Å². The van der Waals surface area contributed by atoms with Crippen LogP contribution in [-0.4, -0.2) is 16.4 Å². The first-order chi connectivity index (χ1) is 6.24. The minimum atomic E-state index is 0.417. The molecule has 0 saturated heterocycles. The van der Waals surface area contributed by atoms with Crippen LogP contribution in [0.15, 0.2) is 12.3 Å². The van der Waals surface area contributed by atoms with Gasteiger partial charge in [0.15, 0.2) is 0 Å². The maximum absolute atomic E-state index is 5.01. The SMILES string of the molecule is CCONCc1ccn(C(C)C)n1. The number of hydrogen-bond acceptors (Lipinski definition) is 3. The van der Waals surface area contributed by atoms with Crippen molar-refractivity contribution in [2.75, 3.05) is 6.61 Å². The highest BCUT2D eigenvalue weighted by Gasteiger charge is 2.00. The van der Waals surface area contributed by atoms with Crippen molar-refractivity contribution in [1.82, 2.24) is 15.3 Å². The van der Waals surface area contributed by atoms with E-state index >= 15 is 0 Å². The van der Waals surface area contributed by atoms with Crippen LogP contribution in [0.25, 0.3) is 0 Å². The summed E-state index contributed by atoms with van der Waals surface area (Å²) in [6.07, 6.45) is 1.98. The van der Waals surface area contributed by atoms with E-state index in [9.17, 15) is 0 Å². The first kappa shape index (κ1) is 10.2. The minimum absolute atomic E-state index is 0.417. The molecule has 0 radical (unpaired) electrons. The molecular weight excluding hydrogens is 166 g/mol. The van der Waals surface area contributed by atoms with Crippen molar-refractivity contribution in [3.8, 4) is 0 Å². The zero-order valence-electron chi connectivity index (χ0n) is 8.45. The third-order valence-electron chi connectivity index (χ3n) is 1.69. The van der Waals surface area contributed by atoms with Crippen LogP contribution in [0.3, 0.4) is 0 Å². The summed E-state index contributed by atoms with van der Waals surface area (Å²) in [6.45, 7) is 7.48. The topological polar surface area (TPSA) is 39.1 Å². The molecule has 0 aliphatic carbocycles. The zero-order valence-corrected chi connectivity index (χ0v) is 8.45. The van der Waals surface area contributed by atoms with Crippen LogP contribution in [0.1, 0.15) is 32.5 Å². The third kappa shape index (κ3) is 3.16. The fourth-order valence-corrected chi connectivity index (χ4v) is 0.986. The normalized spacial score (nSPS) is 11.1. The quantitative estimate of drug-likeness (QED) is 0.555. The molecule has 1 N–H and O–H groups in total. The second kappa shape index (κ2) is 4.99. The number of nitrogens with zero attached hydrogens (tertiary/aromatic N) is 2. The summed E-state index contributed by atoms with van der Waals surface area (Å²) < 4.78 is 1.93. The Morgan fingerprint density at radius 1 is 1.62 bits per heavy atom. The van der Waals surface area contributed by atoms with Gasteiger partial charge in [0.25, 0.3) is 0 Å². The van der Waals surface area contributed by atoms with Gasteiger partial charge in [-0.1, -0.05) is 0 Å². The Morgan fingerprint density at radius 3 is 2.92 bits per heavy atom. The molecule has 1 aromatic rings. The summed E-state index contributed by atoms with van der Waals surface area (Å²) in [7, 11) is 0. The van der Waals surface area contributed by atoms with Crippen LogP contribution < -0.4 is 5.48 Å². The molecule has 0 aliphatic heterocycles. The lowest BCUT2D eigenvalue weighted by Crippen LogP contribution is -2.14. The molecule has 0 unspecified atom stereocenters. The highest BCUT2D eigenvalue weighted by atomic mass is 16.6. The Kier molecular flexibility index (Phi) is 3.92. The van der Waals surface area contributed by atoms with Gasteiger partial charge in [-0.15, -0.1) is 0 Å². The number of rotatable bonds is 5. The van der Waals surface area contributed by atoms with Crippen molar-refractivity contribution in [1.29, 1.82) is 0 Å². The smallest absolute Gasteiger partial charge is 0.0786 e. The molecule has 0 atom stereocenters. The van der Waals surface area contributed by atoms with Gasteiger partial charge >= 0.3 is 0 Å². The monoisotopic (exact) mass is 183 g/mol. The molecule has 0 amide bonds. The summed E-state index contributed by atoms with van der Waals surface area (Å²) in [5.74, 6) is 0. The van der Waals surface area contributed by atoms with Crippen LogP contribution in [0.4, 0.5) is 0 Å². The van der Waals surface area contributed by atoms with Gasteiger partial charge in [-0.2, -0.15) is 10.6 Å². The molecule has 74 valence electrons. The van der Waals surface area contributed by atoms with E-state index in [4.69, 9.17) is 4.84 Å². The molecule has 0 aliphatic rings. The van der Waals surface area contributed by atoms with Crippen LogP contribution >= 0.6 is 0 Å². The van der Waals surface area contributed by atoms with E-state index in [1.807, 2.05) is 23.9 Å². The molecule has 4 nitrogen and oxygen atoms in total. The minimum Gasteiger partial charge on any atom is -0.302 e. The van der Waals surface area contributed by atoms with E-state index < -0.39 is 0 Å². The van der Waals surface area contributed by atoms with Crippen LogP contribution in [0, 0.1) is 0 Å². The molecule has 4 heteroatoms. The number of nitrogens with one attached hydrogen (secondary N) is 1. The van der Waals surface area contributed by atoms with Gasteiger partial charge in [0.1, 0.15) is 0 Å². The zero-order chi connectivity index (χ0) is 9.68. The molecular formula is C9H17N3O. The molecule has 0 aromatic carbocycles. The highest BCUT2D eigenvalue weighted by molar-refractivity contribution is 4.98. The van der Waals surface area contributed by atoms with Crippen molar-refractivity contribution >= 4 is 0 Å². The van der Waals surface area contributed by atoms with E-state index in [1.165, 1.54) is 0 Å². The number of aromatic nitrogens is 2. The predicted octanol–water partition coefficient (Wildman–Crippen LogP) is 1.51. The highest BCUT2D eigenvalue weighted by Crippen LogP contribution is 2.03. The lowest BCUT2D eigenvalue weighted by molar-refractivity contribution is 0.0455. The Labute approximate surface area is 78.8 Å². The predicted molar refractivity (Wildman–Crippen MR) is 51.1 cm³/mol. The van der Waals surface area contributed by atoms with Gasteiger partial charge in [0, 0.05) is 12.2 Å². The molecule has 1 heterocycles. The maximum Gasteiger partial charge on any atom is 0.0786 e. The molecule has 0 fully saturated rings. The van der Waals surface area contributed by atoms with E-state index in [1.54, 1.807) is 0 Å². The van der Waals surface area contributed by atoms with E-state index in [-0.39, 0.29) is 0 Å². The number of hydrogen-bond donors (Lipinski definition) is 1. The van der Waals surface area contributed by atoms with Crippen molar-refractivity contribution in [3.63, 3.8) is 0 Å². The molecule has 1 aromatic heterocycles. The average molecular weight is 183 g/mol. The maximum atomic E-state index is 5.01. The Balaban J connectivity index is 2.40. The Morgan fingerprint density at radius 2 is 2.38 bits per heavy atom. The van der Waals surface area contributed by atoms with Crippen LogP contribution in [-0.2, 0) is 11.4 Å². The Hall–Kier alpha value is -0.870. The summed E-state index contributed by atoms with van der Waals surface area (Å²) in [6, 6.07) is 2.41. The van der Waals surface area contributed by atoms with Crippen molar-refractivity contribution < 1.29 is 4.84 Å². The second-order valence-corrected chi connectivity index (χ2v) is 3.13. The van der Waals surface area contributed by atoms with Gasteiger partial charge in [-0.25, -0.2) is 0 Å². The molecule has 0 spiro atoms. The second-order valence-electron chi connectivity index (χ2n) is 3.13. The third-order valence-corrected chi connectivity index (χ3v) is 1.69. The van der Waals surface area contributed by atoms with Gasteiger partial charge in [-0.3, -0.25) is 4.68 Å². The van der Waals surface area contributed by atoms with Crippen LogP contribution in [0.5, 0.6) is 0 Å². The van der Waals surface area contributed by atoms with Gasteiger partial charge in [-0.05, 0) is 26.8 Å². The summed E-state index contributed by atoms with van der Waals surface area (Å²) >= 11 is 0. The summed E-state index contributed by atoms with van der Waals surface area (Å²) in [4.78, 5) is 5.01. The van der Waals surface area contributed by atoms with E-state index in [0.717, 1.165) is 5.69 Å². The standard InChI is InChI=1S/C9H17N3O/c1-4-13-10-7-9-5-6-12(11-9)8(2)3/h5-6,8,10H,4,7H2,1-3H3. The fraction of sp³-hybridized carbons (Fsp3) is 0.667. The lowest BCUT2D eigenvalue weighted by Gasteiger charge is -2.04. The molecule has 0 saturated carbocycles. The summed E-state index contributed by atoms with van der Waals surface area (Å²) in [5.41, 5.74) is 3.83. The Bertz CT molecular complexity index is 245. The lowest BCUT2D eigenvalue weighted by atomic mass is 10.4. The van der Waals surface area contributed by atoms with E-state index in [2.05, 4.69) is 24.4 Å². The van der Waals surface area contributed by atoms with Gasteiger partial charge < -0.3 is 4.84 Å². The fourth-order valence-electron chi connectivity index (χ4n) is 0.986. The van der Waals surface area contributed by atoms with Gasteiger partial charge in [0.2, 0.25) is 0 Å². The largest absolute Gasteiger partial charge is 0.302 e. The average Bonchev–Trinajstić information content (AvgIpc) is 2.53. The van der Waals surface area contributed by atoms with Crippen molar-refractivity contribution in [3.05, 3.63) is 18.0 Å². The first-order valence-corrected chi connectivity index (χ1v) is 4.62. The molecule has 13 heavy (non-hydrogen) atoms.